The van der Waals surface area contributed by atoms with Gasteiger partial charge in [-0.25, -0.2) is 8.42 Å². The smallest absolute Gasteiger partial charge is 0.324 e. The summed E-state index contributed by atoms with van der Waals surface area (Å²) in [6.45, 7) is 2.22. The molecule has 2 aromatic carbocycles. The van der Waals surface area contributed by atoms with Gasteiger partial charge in [0.15, 0.2) is 0 Å². The molecule has 3 rings (SSSR count). The van der Waals surface area contributed by atoms with Crippen molar-refractivity contribution in [3.05, 3.63) is 59.7 Å². The molecule has 1 fully saturated rings. The molecule has 0 radical (unpaired) electrons. The number of nitrogens with zero attached hydrogens (tertiary/aromatic N) is 1. The molecule has 144 valence electrons. The Labute approximate surface area is 159 Å². The Morgan fingerprint density at radius 2 is 1.93 bits per heavy atom. The molecular formula is C20H23NO5S. The second-order valence-corrected chi connectivity index (χ2v) is 8.38. The van der Waals surface area contributed by atoms with Crippen molar-refractivity contribution in [3.8, 4) is 5.75 Å². The van der Waals surface area contributed by atoms with Crippen LogP contribution in [0.1, 0.15) is 24.0 Å². The van der Waals surface area contributed by atoms with Gasteiger partial charge in [0.1, 0.15) is 23.3 Å². The van der Waals surface area contributed by atoms with Crippen LogP contribution in [0.3, 0.4) is 0 Å². The minimum absolute atomic E-state index is 0.0766. The first-order valence-electron chi connectivity index (χ1n) is 8.80. The van der Waals surface area contributed by atoms with E-state index < -0.39 is 22.0 Å². The fraction of sp³-hybridized carbons (Fsp3) is 0.350. The molecule has 0 aromatic heterocycles. The summed E-state index contributed by atoms with van der Waals surface area (Å²) >= 11 is 0. The molecule has 1 aliphatic heterocycles. The van der Waals surface area contributed by atoms with E-state index in [2.05, 4.69) is 0 Å². The van der Waals surface area contributed by atoms with Gasteiger partial charge < -0.3 is 9.47 Å². The van der Waals surface area contributed by atoms with E-state index >= 15 is 0 Å². The highest BCUT2D eigenvalue weighted by Crippen LogP contribution is 2.32. The minimum Gasteiger partial charge on any atom is -0.495 e. The van der Waals surface area contributed by atoms with E-state index in [1.807, 2.05) is 37.3 Å². The molecule has 1 saturated heterocycles. The van der Waals surface area contributed by atoms with Crippen LogP contribution in [-0.4, -0.2) is 38.4 Å². The lowest BCUT2D eigenvalue weighted by atomic mass is 10.2. The molecule has 0 N–H and O–H groups in total. The molecule has 1 atom stereocenters. The number of carbonyl (C=O) groups excluding carboxylic acids is 1. The number of sulfonamides is 1. The lowest BCUT2D eigenvalue weighted by molar-refractivity contribution is -0.148. The van der Waals surface area contributed by atoms with Gasteiger partial charge in [0, 0.05) is 6.54 Å². The topological polar surface area (TPSA) is 72.9 Å². The summed E-state index contributed by atoms with van der Waals surface area (Å²) < 4.78 is 38.2. The summed E-state index contributed by atoms with van der Waals surface area (Å²) in [5.74, 6) is -0.254. The summed E-state index contributed by atoms with van der Waals surface area (Å²) in [6, 6.07) is 13.5. The Morgan fingerprint density at radius 3 is 2.63 bits per heavy atom. The Hall–Kier alpha value is -2.38. The zero-order chi connectivity index (χ0) is 19.4. The molecule has 0 aliphatic carbocycles. The summed E-state index contributed by atoms with van der Waals surface area (Å²) in [5.41, 5.74) is 1.66. The lowest BCUT2D eigenvalue weighted by Gasteiger charge is -2.24. The third-order valence-corrected chi connectivity index (χ3v) is 6.53. The monoisotopic (exact) mass is 389 g/mol. The van der Waals surface area contributed by atoms with Crippen LogP contribution in [-0.2, 0) is 26.2 Å². The summed E-state index contributed by atoms with van der Waals surface area (Å²) in [4.78, 5) is 12.6. The first-order valence-corrected chi connectivity index (χ1v) is 10.2. The molecule has 0 amide bonds. The van der Waals surface area contributed by atoms with Crippen LogP contribution in [0.4, 0.5) is 0 Å². The van der Waals surface area contributed by atoms with Crippen molar-refractivity contribution in [2.24, 2.45) is 0 Å². The van der Waals surface area contributed by atoms with Crippen molar-refractivity contribution in [2.45, 2.75) is 37.3 Å². The van der Waals surface area contributed by atoms with E-state index in [-0.39, 0.29) is 23.8 Å². The largest absolute Gasteiger partial charge is 0.495 e. The number of hydrogen-bond acceptors (Lipinski definition) is 5. The molecule has 1 unspecified atom stereocenters. The van der Waals surface area contributed by atoms with Crippen LogP contribution in [0.15, 0.2) is 53.4 Å². The van der Waals surface area contributed by atoms with Crippen LogP contribution < -0.4 is 4.74 Å². The van der Waals surface area contributed by atoms with Gasteiger partial charge in [0.05, 0.1) is 7.11 Å². The Balaban J connectivity index is 1.81. The van der Waals surface area contributed by atoms with Crippen LogP contribution >= 0.6 is 0 Å². The number of ether oxygens (including phenoxy) is 2. The van der Waals surface area contributed by atoms with E-state index in [1.54, 1.807) is 18.2 Å². The van der Waals surface area contributed by atoms with Crippen LogP contribution in [0, 0.1) is 6.92 Å². The second kappa shape index (κ2) is 8.10. The highest BCUT2D eigenvalue weighted by Gasteiger charge is 2.41. The van der Waals surface area contributed by atoms with Gasteiger partial charge in [-0.15, -0.1) is 0 Å². The van der Waals surface area contributed by atoms with E-state index in [0.717, 1.165) is 11.1 Å². The van der Waals surface area contributed by atoms with Gasteiger partial charge >= 0.3 is 5.97 Å². The maximum Gasteiger partial charge on any atom is 0.324 e. The number of hydrogen-bond donors (Lipinski definition) is 0. The van der Waals surface area contributed by atoms with Gasteiger partial charge in [0.2, 0.25) is 10.0 Å². The van der Waals surface area contributed by atoms with Crippen molar-refractivity contribution in [1.29, 1.82) is 0 Å². The first-order chi connectivity index (χ1) is 12.9. The highest BCUT2D eigenvalue weighted by molar-refractivity contribution is 7.89. The number of methoxy groups -OCH3 is 1. The normalized spacial score (nSPS) is 17.6. The fourth-order valence-electron chi connectivity index (χ4n) is 3.20. The van der Waals surface area contributed by atoms with E-state index in [1.165, 1.54) is 11.4 Å². The SMILES string of the molecule is COc1ccc(C)cc1S(=O)(=O)N1CCCC1C(=O)OCc1ccccc1. The summed E-state index contributed by atoms with van der Waals surface area (Å²) in [6.07, 6.45) is 1.06. The van der Waals surface area contributed by atoms with Gasteiger partial charge in [-0.3, -0.25) is 4.79 Å². The molecule has 27 heavy (non-hydrogen) atoms. The van der Waals surface area contributed by atoms with Crippen LogP contribution in [0.2, 0.25) is 0 Å². The van der Waals surface area contributed by atoms with Crippen molar-refractivity contribution in [1.82, 2.24) is 4.31 Å². The average Bonchev–Trinajstić information content (AvgIpc) is 3.18. The van der Waals surface area contributed by atoms with Gasteiger partial charge in [-0.2, -0.15) is 4.31 Å². The Kier molecular flexibility index (Phi) is 5.82. The van der Waals surface area contributed by atoms with Gasteiger partial charge in [-0.1, -0.05) is 36.4 Å². The maximum absolute atomic E-state index is 13.2. The van der Waals surface area contributed by atoms with E-state index in [0.29, 0.717) is 12.8 Å². The predicted octanol–water partition coefficient (Wildman–Crippen LogP) is 2.90. The predicted molar refractivity (Wildman–Crippen MR) is 101 cm³/mol. The third-order valence-electron chi connectivity index (χ3n) is 4.61. The number of benzene rings is 2. The molecular weight excluding hydrogens is 366 g/mol. The molecule has 6 nitrogen and oxygen atoms in total. The molecule has 1 aliphatic rings. The molecule has 1 heterocycles. The number of rotatable bonds is 6. The average molecular weight is 389 g/mol. The third kappa shape index (κ3) is 4.14. The minimum atomic E-state index is -3.87. The maximum atomic E-state index is 13.2. The fourth-order valence-corrected chi connectivity index (χ4v) is 5.09. The first kappa shape index (κ1) is 19.4. The van der Waals surface area contributed by atoms with Crippen LogP contribution in [0.5, 0.6) is 5.75 Å². The quantitative estimate of drug-likeness (QED) is 0.711. The van der Waals surface area contributed by atoms with Crippen molar-refractivity contribution in [3.63, 3.8) is 0 Å². The molecule has 0 bridgehead atoms. The number of carbonyl (C=O) groups is 1. The van der Waals surface area contributed by atoms with Crippen molar-refractivity contribution in [2.75, 3.05) is 13.7 Å². The number of aryl methyl sites for hydroxylation is 1. The Bertz CT molecular complexity index is 911. The zero-order valence-corrected chi connectivity index (χ0v) is 16.2. The summed E-state index contributed by atoms with van der Waals surface area (Å²) in [7, 11) is -2.44. The van der Waals surface area contributed by atoms with Gasteiger partial charge in [0.25, 0.3) is 0 Å². The standard InChI is InChI=1S/C20H23NO5S/c1-15-10-11-18(25-2)19(13-15)27(23,24)21-12-6-9-17(21)20(22)26-14-16-7-4-3-5-8-16/h3-5,7-8,10-11,13,17H,6,9,12,14H2,1-2H3. The van der Waals surface area contributed by atoms with Crippen molar-refractivity contribution < 1.29 is 22.7 Å². The van der Waals surface area contributed by atoms with Crippen molar-refractivity contribution >= 4 is 16.0 Å². The lowest BCUT2D eigenvalue weighted by Crippen LogP contribution is -2.41. The van der Waals surface area contributed by atoms with E-state index in [4.69, 9.17) is 9.47 Å². The summed E-state index contributed by atoms with van der Waals surface area (Å²) in [5, 5.41) is 0. The zero-order valence-electron chi connectivity index (χ0n) is 15.4. The van der Waals surface area contributed by atoms with E-state index in [9.17, 15) is 13.2 Å². The molecule has 0 spiro atoms. The highest BCUT2D eigenvalue weighted by atomic mass is 32.2. The van der Waals surface area contributed by atoms with Gasteiger partial charge in [-0.05, 0) is 43.0 Å². The molecule has 7 heteroatoms. The Morgan fingerprint density at radius 1 is 1.19 bits per heavy atom. The molecule has 0 saturated carbocycles. The second-order valence-electron chi connectivity index (χ2n) is 6.52. The molecule has 2 aromatic rings. The van der Waals surface area contributed by atoms with Crippen LogP contribution in [0.25, 0.3) is 0 Å². The number of esters is 1.